The van der Waals surface area contributed by atoms with E-state index in [0.717, 1.165) is 12.8 Å². The Morgan fingerprint density at radius 3 is 2.89 bits per heavy atom. The number of likely N-dealkylation sites (tertiary alicyclic amines) is 1. The topological polar surface area (TPSA) is 62.7 Å². The van der Waals surface area contributed by atoms with Crippen LogP contribution in [-0.2, 0) is 0 Å². The van der Waals surface area contributed by atoms with Gasteiger partial charge in [0.05, 0.1) is 18.9 Å². The van der Waals surface area contributed by atoms with Crippen molar-refractivity contribution in [1.82, 2.24) is 9.88 Å². The first-order valence-electron chi connectivity index (χ1n) is 6.14. The number of rotatable bonds is 3. The Balaban J connectivity index is 2.08. The summed E-state index contributed by atoms with van der Waals surface area (Å²) in [5.74, 6) is 0.811. The highest BCUT2D eigenvalue weighted by molar-refractivity contribution is 5.96. The summed E-state index contributed by atoms with van der Waals surface area (Å²) in [5, 5.41) is 9.08. The van der Waals surface area contributed by atoms with Crippen molar-refractivity contribution in [2.24, 2.45) is 5.92 Å². The summed E-state index contributed by atoms with van der Waals surface area (Å²) < 4.78 is 5.15. The predicted octanol–water partition coefficient (Wildman–Crippen LogP) is 0.935. The molecule has 0 atom stereocenters. The third-order valence-corrected chi connectivity index (χ3v) is 3.39. The zero-order chi connectivity index (χ0) is 13.0. The molecule has 1 saturated heterocycles. The Bertz CT molecular complexity index is 414. The van der Waals surface area contributed by atoms with Gasteiger partial charge in [0.1, 0.15) is 5.75 Å². The zero-order valence-electron chi connectivity index (χ0n) is 10.5. The molecule has 0 radical (unpaired) electrons. The lowest BCUT2D eigenvalue weighted by molar-refractivity contribution is 0.0647. The average Bonchev–Trinajstić information content (AvgIpc) is 2.46. The Hall–Kier alpha value is -1.62. The predicted molar refractivity (Wildman–Crippen MR) is 66.5 cm³/mol. The van der Waals surface area contributed by atoms with E-state index in [1.54, 1.807) is 18.5 Å². The van der Waals surface area contributed by atoms with Crippen LogP contribution in [0.5, 0.6) is 5.75 Å². The first-order chi connectivity index (χ1) is 8.76. The maximum atomic E-state index is 12.3. The molecule has 0 bridgehead atoms. The van der Waals surface area contributed by atoms with Crippen LogP contribution in [0.3, 0.4) is 0 Å². The van der Waals surface area contributed by atoms with Crippen molar-refractivity contribution in [2.45, 2.75) is 12.8 Å². The highest BCUT2D eigenvalue weighted by atomic mass is 16.5. The number of carbonyl (C=O) groups is 1. The third-order valence-electron chi connectivity index (χ3n) is 3.39. The fraction of sp³-hybridized carbons (Fsp3) is 0.538. The molecule has 2 rings (SSSR count). The first-order valence-corrected chi connectivity index (χ1v) is 6.14. The molecular weight excluding hydrogens is 232 g/mol. The van der Waals surface area contributed by atoms with Crippen LogP contribution >= 0.6 is 0 Å². The molecule has 5 heteroatoms. The molecule has 1 N–H and O–H groups in total. The first kappa shape index (κ1) is 12.8. The number of hydrogen-bond acceptors (Lipinski definition) is 4. The fourth-order valence-corrected chi connectivity index (χ4v) is 2.21. The van der Waals surface area contributed by atoms with Crippen LogP contribution in [0, 0.1) is 5.92 Å². The fourth-order valence-electron chi connectivity index (χ4n) is 2.21. The van der Waals surface area contributed by atoms with Crippen molar-refractivity contribution >= 4 is 5.91 Å². The monoisotopic (exact) mass is 250 g/mol. The number of ether oxygens (including phenoxy) is 1. The largest absolute Gasteiger partial charge is 0.494 e. The van der Waals surface area contributed by atoms with E-state index in [1.807, 2.05) is 4.90 Å². The quantitative estimate of drug-likeness (QED) is 0.867. The summed E-state index contributed by atoms with van der Waals surface area (Å²) in [6, 6.07) is 1.68. The van der Waals surface area contributed by atoms with E-state index in [2.05, 4.69) is 4.98 Å². The lowest BCUT2D eigenvalue weighted by Gasteiger charge is -2.31. The number of pyridine rings is 1. The number of aliphatic hydroxyl groups is 1. The van der Waals surface area contributed by atoms with E-state index in [0.29, 0.717) is 30.3 Å². The van der Waals surface area contributed by atoms with Crippen LogP contribution in [0.4, 0.5) is 0 Å². The number of nitrogens with zero attached hydrogens (tertiary/aromatic N) is 2. The molecule has 1 aromatic heterocycles. The Morgan fingerprint density at radius 1 is 1.56 bits per heavy atom. The SMILES string of the molecule is COc1cnccc1C(=O)N1CCC(CO)CC1. The van der Waals surface area contributed by atoms with Gasteiger partial charge in [-0.15, -0.1) is 0 Å². The lowest BCUT2D eigenvalue weighted by Crippen LogP contribution is -2.39. The van der Waals surface area contributed by atoms with E-state index < -0.39 is 0 Å². The summed E-state index contributed by atoms with van der Waals surface area (Å²) in [7, 11) is 1.53. The number of methoxy groups -OCH3 is 1. The smallest absolute Gasteiger partial charge is 0.257 e. The molecule has 0 aliphatic carbocycles. The molecule has 18 heavy (non-hydrogen) atoms. The molecule has 5 nitrogen and oxygen atoms in total. The van der Waals surface area contributed by atoms with Crippen molar-refractivity contribution < 1.29 is 14.6 Å². The molecule has 0 aromatic carbocycles. The van der Waals surface area contributed by atoms with Gasteiger partial charge in [0, 0.05) is 25.9 Å². The molecule has 0 saturated carbocycles. The minimum atomic E-state index is -0.0226. The molecule has 1 aliphatic rings. The Kier molecular flexibility index (Phi) is 4.15. The maximum absolute atomic E-state index is 12.3. The molecule has 1 amide bonds. The van der Waals surface area contributed by atoms with Gasteiger partial charge in [-0.05, 0) is 24.8 Å². The molecule has 1 aromatic rings. The normalized spacial score (nSPS) is 16.7. The average molecular weight is 250 g/mol. The molecule has 0 spiro atoms. The number of aromatic nitrogens is 1. The van der Waals surface area contributed by atoms with Gasteiger partial charge in [-0.2, -0.15) is 0 Å². The van der Waals surface area contributed by atoms with Crippen molar-refractivity contribution in [3.63, 3.8) is 0 Å². The highest BCUT2D eigenvalue weighted by Gasteiger charge is 2.24. The lowest BCUT2D eigenvalue weighted by atomic mass is 9.97. The van der Waals surface area contributed by atoms with Gasteiger partial charge in [-0.25, -0.2) is 0 Å². The van der Waals surface area contributed by atoms with Crippen LogP contribution in [0.15, 0.2) is 18.5 Å². The molecule has 98 valence electrons. The van der Waals surface area contributed by atoms with Crippen molar-refractivity contribution in [3.05, 3.63) is 24.0 Å². The van der Waals surface area contributed by atoms with Crippen LogP contribution in [0.25, 0.3) is 0 Å². The molecule has 2 heterocycles. The molecule has 1 fully saturated rings. The van der Waals surface area contributed by atoms with E-state index in [-0.39, 0.29) is 12.5 Å². The highest BCUT2D eigenvalue weighted by Crippen LogP contribution is 2.22. The van der Waals surface area contributed by atoms with Gasteiger partial charge in [0.25, 0.3) is 5.91 Å². The van der Waals surface area contributed by atoms with Crippen molar-refractivity contribution in [1.29, 1.82) is 0 Å². The number of amides is 1. The van der Waals surface area contributed by atoms with E-state index in [1.165, 1.54) is 7.11 Å². The van der Waals surface area contributed by atoms with E-state index in [9.17, 15) is 4.79 Å². The van der Waals surface area contributed by atoms with Crippen LogP contribution in [0.2, 0.25) is 0 Å². The molecular formula is C13H18N2O3. The number of hydrogen-bond donors (Lipinski definition) is 1. The summed E-state index contributed by atoms with van der Waals surface area (Å²) >= 11 is 0. The van der Waals surface area contributed by atoms with Crippen LogP contribution < -0.4 is 4.74 Å². The van der Waals surface area contributed by atoms with Crippen LogP contribution in [0.1, 0.15) is 23.2 Å². The van der Waals surface area contributed by atoms with Crippen molar-refractivity contribution in [3.8, 4) is 5.75 Å². The standard InChI is InChI=1S/C13H18N2O3/c1-18-12-8-14-5-2-11(12)13(17)15-6-3-10(9-16)4-7-15/h2,5,8,10,16H,3-4,6-7,9H2,1H3. The zero-order valence-corrected chi connectivity index (χ0v) is 10.5. The van der Waals surface area contributed by atoms with Gasteiger partial charge in [-0.1, -0.05) is 0 Å². The second kappa shape index (κ2) is 5.82. The second-order valence-corrected chi connectivity index (χ2v) is 4.49. The Labute approximate surface area is 106 Å². The van der Waals surface area contributed by atoms with Gasteiger partial charge < -0.3 is 14.7 Å². The van der Waals surface area contributed by atoms with Gasteiger partial charge in [-0.3, -0.25) is 9.78 Å². The number of carbonyl (C=O) groups excluding carboxylic acids is 1. The minimum absolute atomic E-state index is 0.0226. The number of piperidine rings is 1. The summed E-state index contributed by atoms with van der Waals surface area (Å²) in [6.07, 6.45) is 4.86. The Morgan fingerprint density at radius 2 is 2.28 bits per heavy atom. The van der Waals surface area contributed by atoms with Gasteiger partial charge >= 0.3 is 0 Å². The van der Waals surface area contributed by atoms with Crippen LogP contribution in [-0.4, -0.2) is 47.7 Å². The number of aliphatic hydroxyl groups excluding tert-OH is 1. The third kappa shape index (κ3) is 2.61. The summed E-state index contributed by atoms with van der Waals surface area (Å²) in [5.41, 5.74) is 0.551. The molecule has 1 aliphatic heterocycles. The van der Waals surface area contributed by atoms with E-state index in [4.69, 9.17) is 9.84 Å². The van der Waals surface area contributed by atoms with E-state index >= 15 is 0 Å². The second-order valence-electron chi connectivity index (χ2n) is 4.49. The maximum Gasteiger partial charge on any atom is 0.257 e. The summed E-state index contributed by atoms with van der Waals surface area (Å²) in [6.45, 7) is 1.59. The van der Waals surface area contributed by atoms with Gasteiger partial charge in [0.2, 0.25) is 0 Å². The van der Waals surface area contributed by atoms with Gasteiger partial charge in [0.15, 0.2) is 0 Å². The van der Waals surface area contributed by atoms with Crippen molar-refractivity contribution in [2.75, 3.05) is 26.8 Å². The molecule has 0 unspecified atom stereocenters. The summed E-state index contributed by atoms with van der Waals surface area (Å²) in [4.78, 5) is 18.1. The minimum Gasteiger partial charge on any atom is -0.494 e.